The van der Waals surface area contributed by atoms with Gasteiger partial charge in [-0.1, -0.05) is 44.2 Å². The number of fused-ring (bicyclic) bond motifs is 1. The third-order valence-corrected chi connectivity index (χ3v) is 6.52. The van der Waals surface area contributed by atoms with Gasteiger partial charge in [-0.15, -0.1) is 0 Å². The summed E-state index contributed by atoms with van der Waals surface area (Å²) in [5.74, 6) is 1.16. The van der Waals surface area contributed by atoms with E-state index in [1.54, 1.807) is 0 Å². The molecule has 0 aliphatic carbocycles. The van der Waals surface area contributed by atoms with Crippen LogP contribution in [-0.2, 0) is 17.9 Å². The van der Waals surface area contributed by atoms with E-state index in [4.69, 9.17) is 0 Å². The number of piperidine rings is 1. The first-order valence-electron chi connectivity index (χ1n) is 10.2. The van der Waals surface area contributed by atoms with Gasteiger partial charge in [0.2, 0.25) is 0 Å². The average molecular weight is 414 g/mol. The van der Waals surface area contributed by atoms with Crippen molar-refractivity contribution in [3.8, 4) is 0 Å². The molecule has 1 aromatic heterocycles. The maximum absolute atomic E-state index is 13.0. The normalized spacial score (nSPS) is 18.8. The van der Waals surface area contributed by atoms with Crippen molar-refractivity contribution in [3.63, 3.8) is 0 Å². The molecule has 4 rings (SSSR count). The molecule has 0 saturated carbocycles. The minimum Gasteiger partial charge on any atom is -0.710 e. The predicted molar refractivity (Wildman–Crippen MR) is 115 cm³/mol. The molecule has 2 N–H and O–H groups in total. The summed E-state index contributed by atoms with van der Waals surface area (Å²) in [6.07, 6.45) is 2.72. The van der Waals surface area contributed by atoms with Gasteiger partial charge in [0.1, 0.15) is 5.84 Å². The molecule has 8 heteroatoms. The number of amidine groups is 1. The fraction of sp³-hybridized carbons (Fsp3) is 0.476. The number of thiazole rings is 1. The van der Waals surface area contributed by atoms with Crippen molar-refractivity contribution in [3.05, 3.63) is 46.8 Å². The number of rotatable bonds is 5. The van der Waals surface area contributed by atoms with Gasteiger partial charge in [-0.3, -0.25) is 4.79 Å². The van der Waals surface area contributed by atoms with Crippen LogP contribution in [-0.4, -0.2) is 24.3 Å². The number of benzene rings is 1. The smallest absolute Gasteiger partial charge is 0.342 e. The number of hydrogen-bond donors (Lipinski definition) is 2. The lowest BCUT2D eigenvalue weighted by molar-refractivity contribution is -0.596. The molecule has 0 spiro atoms. The molecule has 1 amide bonds. The van der Waals surface area contributed by atoms with Crippen LogP contribution in [0.25, 0.3) is 0 Å². The zero-order chi connectivity index (χ0) is 20.4. The van der Waals surface area contributed by atoms with Crippen LogP contribution in [0, 0.1) is 11.1 Å². The zero-order valence-electron chi connectivity index (χ0n) is 16.9. The van der Waals surface area contributed by atoms with E-state index in [-0.39, 0.29) is 17.9 Å². The lowest BCUT2D eigenvalue weighted by atomic mass is 10.0. The predicted octanol–water partition coefficient (Wildman–Crippen LogP) is 2.85. The number of carbonyl (C=O) groups is 1. The van der Waals surface area contributed by atoms with Gasteiger partial charge in [-0.2, -0.15) is 0 Å². The van der Waals surface area contributed by atoms with Crippen molar-refractivity contribution < 1.29 is 9.52 Å². The summed E-state index contributed by atoms with van der Waals surface area (Å²) < 4.78 is 0.969. The van der Waals surface area contributed by atoms with E-state index >= 15 is 0 Å². The first kappa shape index (κ1) is 19.7. The molecule has 1 atom stereocenters. The highest BCUT2D eigenvalue weighted by atomic mass is 32.1. The van der Waals surface area contributed by atoms with Gasteiger partial charge in [0, 0.05) is 12.5 Å². The van der Waals surface area contributed by atoms with Gasteiger partial charge in [-0.25, -0.2) is 14.6 Å². The van der Waals surface area contributed by atoms with Gasteiger partial charge in [0.15, 0.2) is 16.7 Å². The van der Waals surface area contributed by atoms with Crippen molar-refractivity contribution >= 4 is 33.2 Å². The second-order valence-electron chi connectivity index (χ2n) is 7.84. The maximum atomic E-state index is 13.0. The van der Waals surface area contributed by atoms with Gasteiger partial charge in [-0.05, 0) is 36.2 Å². The van der Waals surface area contributed by atoms with Crippen LogP contribution in [0.3, 0.4) is 0 Å². The van der Waals surface area contributed by atoms with E-state index in [1.165, 1.54) is 11.3 Å². The summed E-state index contributed by atoms with van der Waals surface area (Å²) in [5.41, 5.74) is 1.71. The van der Waals surface area contributed by atoms with Crippen molar-refractivity contribution in [1.82, 2.24) is 10.6 Å². The minimum atomic E-state index is -0.325. The van der Waals surface area contributed by atoms with Crippen LogP contribution in [0.15, 0.2) is 35.3 Å². The van der Waals surface area contributed by atoms with Crippen LogP contribution < -0.4 is 20.3 Å². The molecule has 2 aliphatic rings. The average Bonchev–Trinajstić information content (AvgIpc) is 3.08. The van der Waals surface area contributed by atoms with Gasteiger partial charge in [0.05, 0.1) is 13.1 Å². The van der Waals surface area contributed by atoms with Crippen LogP contribution >= 0.6 is 11.3 Å². The molecule has 2 aliphatic heterocycles. The SMILES string of the molecule is CC(C)C1=Nc2sc(N3CCCCC3C(=O)NCc3ccccc3)[n+]([O-])c2CN1. The summed E-state index contributed by atoms with van der Waals surface area (Å²) in [5, 5.41) is 20.6. The number of nitrogens with zero attached hydrogens (tertiary/aromatic N) is 3. The summed E-state index contributed by atoms with van der Waals surface area (Å²) in [4.78, 5) is 19.6. The molecule has 29 heavy (non-hydrogen) atoms. The van der Waals surface area contributed by atoms with Crippen molar-refractivity contribution in [2.24, 2.45) is 10.9 Å². The highest BCUT2D eigenvalue weighted by molar-refractivity contribution is 7.19. The molecule has 7 nitrogen and oxygen atoms in total. The third-order valence-electron chi connectivity index (χ3n) is 5.42. The Morgan fingerprint density at radius 2 is 2.17 bits per heavy atom. The highest BCUT2D eigenvalue weighted by Crippen LogP contribution is 2.36. The Bertz CT molecular complexity index is 909. The summed E-state index contributed by atoms with van der Waals surface area (Å²) in [6.45, 7) is 5.83. The number of anilines is 1. The van der Waals surface area contributed by atoms with Crippen molar-refractivity contribution in [1.29, 1.82) is 0 Å². The number of carbonyl (C=O) groups excluding carboxylic acids is 1. The lowest BCUT2D eigenvalue weighted by Gasteiger charge is -2.30. The van der Waals surface area contributed by atoms with Crippen LogP contribution in [0.2, 0.25) is 0 Å². The summed E-state index contributed by atoms with van der Waals surface area (Å²) in [6, 6.07) is 9.55. The Balaban J connectivity index is 1.54. The van der Waals surface area contributed by atoms with E-state index in [1.807, 2.05) is 35.2 Å². The Morgan fingerprint density at radius 3 is 2.93 bits per heavy atom. The number of amides is 1. The molecule has 1 fully saturated rings. The Hall–Kier alpha value is -2.61. The Kier molecular flexibility index (Phi) is 5.71. The van der Waals surface area contributed by atoms with Gasteiger partial charge in [0.25, 0.3) is 5.91 Å². The minimum absolute atomic E-state index is 0.0237. The molecule has 0 bridgehead atoms. The van der Waals surface area contributed by atoms with E-state index in [9.17, 15) is 10.0 Å². The van der Waals surface area contributed by atoms with E-state index < -0.39 is 0 Å². The standard InChI is InChI=1S/C21H27N5O2S/c1-14(2)18-22-13-17-20(24-18)29-21(26(17)28)25-11-7-6-10-16(25)19(27)23-12-15-8-4-3-5-9-15/h3-5,8-9,14,16H,6-7,10-13H2,1-2H3,(H,22,24)(H,23,27). The molecule has 1 saturated heterocycles. The number of hydrogen-bond acceptors (Lipinski definition) is 6. The molecule has 2 aromatic rings. The lowest BCUT2D eigenvalue weighted by Crippen LogP contribution is -2.53. The number of nitrogens with one attached hydrogen (secondary N) is 2. The monoisotopic (exact) mass is 413 g/mol. The van der Waals surface area contributed by atoms with Crippen molar-refractivity contribution in [2.45, 2.75) is 52.2 Å². The topological polar surface area (TPSA) is 83.7 Å². The van der Waals surface area contributed by atoms with Gasteiger partial charge >= 0.3 is 5.13 Å². The molecule has 3 heterocycles. The third kappa shape index (κ3) is 4.07. The number of aliphatic imine (C=N–C) groups is 1. The summed E-state index contributed by atoms with van der Waals surface area (Å²) in [7, 11) is 0. The molecule has 154 valence electrons. The quantitative estimate of drug-likeness (QED) is 0.583. The number of aromatic nitrogens is 1. The molecule has 1 unspecified atom stereocenters. The van der Waals surface area contributed by atoms with Crippen molar-refractivity contribution in [2.75, 3.05) is 11.4 Å². The maximum Gasteiger partial charge on any atom is 0.342 e. The molecule has 0 radical (unpaired) electrons. The second kappa shape index (κ2) is 8.41. The fourth-order valence-electron chi connectivity index (χ4n) is 3.79. The largest absolute Gasteiger partial charge is 0.710 e. The zero-order valence-corrected chi connectivity index (χ0v) is 17.7. The van der Waals surface area contributed by atoms with Gasteiger partial charge < -0.3 is 15.8 Å². The Morgan fingerprint density at radius 1 is 1.38 bits per heavy atom. The van der Waals surface area contributed by atoms with Crippen LogP contribution in [0.4, 0.5) is 10.1 Å². The Labute approximate surface area is 175 Å². The highest BCUT2D eigenvalue weighted by Gasteiger charge is 2.38. The van der Waals surface area contributed by atoms with E-state index in [0.717, 1.165) is 40.4 Å². The van der Waals surface area contributed by atoms with E-state index in [2.05, 4.69) is 29.5 Å². The first-order chi connectivity index (χ1) is 14.0. The first-order valence-corrected chi connectivity index (χ1v) is 11.0. The molecular formula is C21H27N5O2S. The summed E-state index contributed by atoms with van der Waals surface area (Å²) >= 11 is 1.39. The molecule has 1 aromatic carbocycles. The fourth-order valence-corrected chi connectivity index (χ4v) is 4.91. The molecular weight excluding hydrogens is 386 g/mol. The van der Waals surface area contributed by atoms with E-state index in [0.29, 0.717) is 30.5 Å². The van der Waals surface area contributed by atoms with Crippen LogP contribution in [0.1, 0.15) is 44.4 Å². The van der Waals surface area contributed by atoms with Crippen LogP contribution in [0.5, 0.6) is 0 Å². The second-order valence-corrected chi connectivity index (χ2v) is 8.80.